The summed E-state index contributed by atoms with van der Waals surface area (Å²) in [6.45, 7) is 3.82. The molecule has 1 heterocycles. The third kappa shape index (κ3) is 4.59. The predicted molar refractivity (Wildman–Crippen MR) is 74.4 cm³/mol. The first kappa shape index (κ1) is 19.2. The molecule has 0 bridgehead atoms. The van der Waals surface area contributed by atoms with Gasteiger partial charge >= 0.3 is 12.1 Å². The average Bonchev–Trinajstić information content (AvgIpc) is 2.79. The van der Waals surface area contributed by atoms with E-state index in [1.165, 1.54) is 0 Å². The smallest absolute Gasteiger partial charge is 0.406 e. The van der Waals surface area contributed by atoms with Crippen molar-refractivity contribution in [3.05, 3.63) is 0 Å². The summed E-state index contributed by atoms with van der Waals surface area (Å²) < 4.78 is 39.0. The highest BCUT2D eigenvalue weighted by atomic mass is 19.4. The normalized spacial score (nSPS) is 22.1. The van der Waals surface area contributed by atoms with Gasteiger partial charge < -0.3 is 15.3 Å². The van der Waals surface area contributed by atoms with E-state index < -0.39 is 43.0 Å². The number of carbonyl (C=O) groups is 3. The van der Waals surface area contributed by atoms with Crippen molar-refractivity contribution in [2.75, 3.05) is 19.6 Å². The monoisotopic (exact) mass is 338 g/mol. The first-order chi connectivity index (χ1) is 10.3. The quantitative estimate of drug-likeness (QED) is 0.811. The lowest BCUT2D eigenvalue weighted by Crippen LogP contribution is -2.48. The van der Waals surface area contributed by atoms with Crippen molar-refractivity contribution in [1.82, 2.24) is 10.2 Å². The number of carboxylic acids is 1. The molecule has 1 aliphatic rings. The number of carbonyl (C=O) groups excluding carboxylic acids is 2. The zero-order chi connectivity index (χ0) is 18.1. The first-order valence-electron chi connectivity index (χ1n) is 7.13. The Kier molecular flexibility index (Phi) is 5.33. The molecule has 2 N–H and O–H groups in total. The van der Waals surface area contributed by atoms with Crippen LogP contribution in [-0.4, -0.2) is 53.6 Å². The molecule has 132 valence electrons. The van der Waals surface area contributed by atoms with Gasteiger partial charge in [0.1, 0.15) is 0 Å². The van der Waals surface area contributed by atoms with Crippen LogP contribution < -0.4 is 5.32 Å². The number of nitrogens with zero attached hydrogens (tertiary/aromatic N) is 1. The predicted octanol–water partition coefficient (Wildman–Crippen LogP) is 1.40. The van der Waals surface area contributed by atoms with Gasteiger partial charge in [0.2, 0.25) is 11.8 Å². The van der Waals surface area contributed by atoms with E-state index in [1.54, 1.807) is 0 Å². The Hall–Kier alpha value is -1.80. The van der Waals surface area contributed by atoms with E-state index >= 15 is 0 Å². The van der Waals surface area contributed by atoms with E-state index in [1.807, 2.05) is 20.8 Å². The van der Waals surface area contributed by atoms with E-state index in [-0.39, 0.29) is 24.3 Å². The van der Waals surface area contributed by atoms with Gasteiger partial charge in [-0.1, -0.05) is 20.8 Å². The molecule has 0 spiro atoms. The summed E-state index contributed by atoms with van der Waals surface area (Å²) in [6.07, 6.45) is -5.46. The molecule has 1 unspecified atom stereocenters. The van der Waals surface area contributed by atoms with Crippen LogP contribution in [0.1, 0.15) is 33.6 Å². The number of rotatable bonds is 4. The van der Waals surface area contributed by atoms with Crippen LogP contribution in [-0.2, 0) is 14.4 Å². The number of alkyl halides is 3. The zero-order valence-electron chi connectivity index (χ0n) is 13.3. The molecule has 9 heteroatoms. The average molecular weight is 338 g/mol. The molecule has 1 fully saturated rings. The van der Waals surface area contributed by atoms with Gasteiger partial charge in [0.25, 0.3) is 0 Å². The Labute approximate surface area is 132 Å². The number of nitrogens with one attached hydrogen (secondary N) is 1. The van der Waals surface area contributed by atoms with Gasteiger partial charge in [0.15, 0.2) is 5.41 Å². The summed E-state index contributed by atoms with van der Waals surface area (Å²) in [5.74, 6) is -3.10. The number of halogens is 3. The fraction of sp³-hybridized carbons (Fsp3) is 0.786. The third-order valence-electron chi connectivity index (χ3n) is 3.70. The zero-order valence-corrected chi connectivity index (χ0v) is 13.3. The molecule has 2 amide bonds. The standard InChI is InChI=1S/C14H21F3N2O4/c1-12(2,3)6-9(20)18-7-10(21)19-5-4-13(8-19,11(22)23)14(15,16)17/h4-8H2,1-3H3,(H,18,20)(H,22,23). The van der Waals surface area contributed by atoms with Gasteiger partial charge in [-0.05, 0) is 11.8 Å². The molecule has 1 aliphatic heterocycles. The number of hydrogen-bond acceptors (Lipinski definition) is 3. The van der Waals surface area contributed by atoms with Crippen LogP contribution >= 0.6 is 0 Å². The molecule has 0 aliphatic carbocycles. The fourth-order valence-electron chi connectivity index (χ4n) is 2.38. The van der Waals surface area contributed by atoms with Crippen LogP contribution in [0.4, 0.5) is 13.2 Å². The molecule has 1 rings (SSSR count). The van der Waals surface area contributed by atoms with Gasteiger partial charge in [0.05, 0.1) is 6.54 Å². The molecule has 0 aromatic heterocycles. The molecule has 0 saturated carbocycles. The second-order valence-electron chi connectivity index (χ2n) is 6.96. The lowest BCUT2D eigenvalue weighted by Gasteiger charge is -2.27. The second-order valence-corrected chi connectivity index (χ2v) is 6.96. The van der Waals surface area contributed by atoms with E-state index in [2.05, 4.69) is 5.32 Å². The van der Waals surface area contributed by atoms with Gasteiger partial charge in [-0.25, -0.2) is 0 Å². The summed E-state index contributed by atoms with van der Waals surface area (Å²) in [6, 6.07) is 0. The first-order valence-corrected chi connectivity index (χ1v) is 7.13. The van der Waals surface area contributed by atoms with Crippen LogP contribution in [0.25, 0.3) is 0 Å². The largest absolute Gasteiger partial charge is 0.481 e. The van der Waals surface area contributed by atoms with Crippen molar-refractivity contribution >= 4 is 17.8 Å². The maximum Gasteiger partial charge on any atom is 0.406 e. The van der Waals surface area contributed by atoms with Crippen molar-refractivity contribution in [3.8, 4) is 0 Å². The van der Waals surface area contributed by atoms with Gasteiger partial charge in [0, 0.05) is 19.5 Å². The minimum absolute atomic E-state index is 0.169. The SMILES string of the molecule is CC(C)(C)CC(=O)NCC(=O)N1CCC(C(=O)O)(C(F)(F)F)C1. The Bertz CT molecular complexity index is 499. The van der Waals surface area contributed by atoms with E-state index in [9.17, 15) is 27.6 Å². The molecule has 1 atom stereocenters. The van der Waals surface area contributed by atoms with Crippen LogP contribution in [0.15, 0.2) is 0 Å². The van der Waals surface area contributed by atoms with E-state index in [4.69, 9.17) is 5.11 Å². The van der Waals surface area contributed by atoms with E-state index in [0.29, 0.717) is 0 Å². The van der Waals surface area contributed by atoms with Crippen molar-refractivity contribution in [2.24, 2.45) is 10.8 Å². The van der Waals surface area contributed by atoms with Crippen molar-refractivity contribution < 1.29 is 32.7 Å². The highest BCUT2D eigenvalue weighted by Gasteiger charge is 2.64. The second kappa shape index (κ2) is 6.37. The summed E-state index contributed by atoms with van der Waals surface area (Å²) in [5, 5.41) is 11.3. The number of aliphatic carboxylic acids is 1. The lowest BCUT2D eigenvalue weighted by molar-refractivity contribution is -0.227. The van der Waals surface area contributed by atoms with Crippen molar-refractivity contribution in [1.29, 1.82) is 0 Å². The van der Waals surface area contributed by atoms with Gasteiger partial charge in [-0.15, -0.1) is 0 Å². The van der Waals surface area contributed by atoms with Gasteiger partial charge in [-0.3, -0.25) is 14.4 Å². The molecular weight excluding hydrogens is 317 g/mol. The summed E-state index contributed by atoms with van der Waals surface area (Å²) in [5.41, 5.74) is -3.21. The Morgan fingerprint density at radius 3 is 2.17 bits per heavy atom. The number of carboxylic acid groups (broad SMARTS) is 1. The fourth-order valence-corrected chi connectivity index (χ4v) is 2.38. The Balaban J connectivity index is 2.64. The third-order valence-corrected chi connectivity index (χ3v) is 3.70. The minimum Gasteiger partial charge on any atom is -0.481 e. The number of likely N-dealkylation sites (tertiary alicyclic amines) is 1. The molecule has 1 saturated heterocycles. The lowest BCUT2D eigenvalue weighted by atomic mass is 9.86. The van der Waals surface area contributed by atoms with Crippen LogP contribution in [0.2, 0.25) is 0 Å². The van der Waals surface area contributed by atoms with Gasteiger partial charge in [-0.2, -0.15) is 13.2 Å². The van der Waals surface area contributed by atoms with Crippen LogP contribution in [0.3, 0.4) is 0 Å². The topological polar surface area (TPSA) is 86.7 Å². The maximum atomic E-state index is 13.0. The minimum atomic E-state index is -4.94. The number of hydrogen-bond donors (Lipinski definition) is 2. The number of amides is 2. The molecular formula is C14H21F3N2O4. The summed E-state index contributed by atoms with van der Waals surface area (Å²) >= 11 is 0. The summed E-state index contributed by atoms with van der Waals surface area (Å²) in [7, 11) is 0. The highest BCUT2D eigenvalue weighted by molar-refractivity contribution is 5.86. The Morgan fingerprint density at radius 1 is 1.22 bits per heavy atom. The summed E-state index contributed by atoms with van der Waals surface area (Å²) in [4.78, 5) is 35.4. The van der Waals surface area contributed by atoms with Crippen LogP contribution in [0.5, 0.6) is 0 Å². The van der Waals surface area contributed by atoms with Crippen molar-refractivity contribution in [2.45, 2.75) is 39.8 Å². The Morgan fingerprint density at radius 2 is 1.78 bits per heavy atom. The molecule has 0 aromatic rings. The molecule has 6 nitrogen and oxygen atoms in total. The van der Waals surface area contributed by atoms with Crippen molar-refractivity contribution in [3.63, 3.8) is 0 Å². The highest BCUT2D eigenvalue weighted by Crippen LogP contribution is 2.45. The van der Waals surface area contributed by atoms with E-state index in [0.717, 1.165) is 4.90 Å². The molecule has 0 aromatic carbocycles. The molecule has 23 heavy (non-hydrogen) atoms. The maximum absolute atomic E-state index is 13.0. The van der Waals surface area contributed by atoms with Crippen LogP contribution in [0, 0.1) is 10.8 Å². The molecule has 0 radical (unpaired) electrons.